The molecule has 0 saturated heterocycles. The van der Waals surface area contributed by atoms with Crippen molar-refractivity contribution >= 4 is 17.6 Å². The molecule has 2 atom stereocenters. The number of benzene rings is 2. The van der Waals surface area contributed by atoms with Gasteiger partial charge in [0.2, 0.25) is 5.91 Å². The van der Waals surface area contributed by atoms with Crippen LogP contribution in [0.1, 0.15) is 18.4 Å². The van der Waals surface area contributed by atoms with Crippen molar-refractivity contribution in [3.63, 3.8) is 0 Å². The molecule has 6 nitrogen and oxygen atoms in total. The maximum absolute atomic E-state index is 13.3. The fourth-order valence-corrected chi connectivity index (χ4v) is 3.05. The van der Waals surface area contributed by atoms with Crippen LogP contribution in [0.4, 0.5) is 18.9 Å². The van der Waals surface area contributed by atoms with Crippen LogP contribution in [0, 0.1) is 11.8 Å². The average molecular weight is 409 g/mol. The number of aliphatic carboxylic acids is 1. The van der Waals surface area contributed by atoms with E-state index in [2.05, 4.69) is 5.32 Å². The van der Waals surface area contributed by atoms with E-state index in [9.17, 15) is 22.8 Å². The third kappa shape index (κ3) is 4.61. The maximum Gasteiger partial charge on any atom is 0.418 e. The van der Waals surface area contributed by atoms with Crippen LogP contribution < -0.4 is 14.8 Å². The second kappa shape index (κ2) is 8.02. The van der Waals surface area contributed by atoms with Gasteiger partial charge in [0.05, 0.1) is 30.2 Å². The number of ether oxygens (including phenoxy) is 2. The summed E-state index contributed by atoms with van der Waals surface area (Å²) in [5.41, 5.74) is -1.52. The lowest BCUT2D eigenvalue weighted by Gasteiger charge is -2.32. The Kier molecular flexibility index (Phi) is 5.67. The highest BCUT2D eigenvalue weighted by molar-refractivity contribution is 5.96. The number of alkyl halides is 3. The maximum atomic E-state index is 13.3. The van der Waals surface area contributed by atoms with E-state index >= 15 is 0 Å². The molecule has 0 spiro atoms. The van der Waals surface area contributed by atoms with E-state index in [0.29, 0.717) is 24.3 Å². The molecule has 0 aromatic heterocycles. The van der Waals surface area contributed by atoms with Gasteiger partial charge in [-0.3, -0.25) is 9.59 Å². The third-order valence-corrected chi connectivity index (χ3v) is 4.78. The molecule has 154 valence electrons. The molecule has 1 amide bonds. The van der Waals surface area contributed by atoms with Gasteiger partial charge in [-0.05, 0) is 49.2 Å². The van der Waals surface area contributed by atoms with Crippen LogP contribution in [-0.2, 0) is 15.8 Å². The monoisotopic (exact) mass is 409 g/mol. The third-order valence-electron chi connectivity index (χ3n) is 4.78. The second-order valence-corrected chi connectivity index (χ2v) is 6.60. The quantitative estimate of drug-likeness (QED) is 0.731. The van der Waals surface area contributed by atoms with E-state index in [1.807, 2.05) is 0 Å². The zero-order chi connectivity index (χ0) is 21.2. The first kappa shape index (κ1) is 20.5. The molecule has 0 bridgehead atoms. The summed E-state index contributed by atoms with van der Waals surface area (Å²) >= 11 is 0. The van der Waals surface area contributed by atoms with Gasteiger partial charge in [-0.1, -0.05) is 0 Å². The van der Waals surface area contributed by atoms with Crippen molar-refractivity contribution in [3.05, 3.63) is 48.0 Å². The summed E-state index contributed by atoms with van der Waals surface area (Å²) < 4.78 is 50.6. The molecule has 3 rings (SSSR count). The number of methoxy groups -OCH3 is 1. The van der Waals surface area contributed by atoms with Gasteiger partial charge in [0.25, 0.3) is 0 Å². The number of halogens is 3. The molecule has 0 radical (unpaired) electrons. The van der Waals surface area contributed by atoms with Crippen LogP contribution >= 0.6 is 0 Å². The molecule has 1 saturated carbocycles. The first-order valence-corrected chi connectivity index (χ1v) is 8.76. The number of carbonyl (C=O) groups is 2. The normalized spacial score (nSPS) is 18.5. The van der Waals surface area contributed by atoms with E-state index < -0.39 is 41.1 Å². The fourth-order valence-electron chi connectivity index (χ4n) is 3.05. The Hall–Kier alpha value is -3.23. The highest BCUT2D eigenvalue weighted by atomic mass is 19.4. The molecule has 9 heteroatoms. The summed E-state index contributed by atoms with van der Waals surface area (Å²) in [6.45, 7) is 0. The standard InChI is InChI=1S/C20H18F3NO5/c1-28-11-2-4-12(5-3-11)29-13-6-9-16(20(21,22)23)17(10-13)24-18(25)14-7-8-15(14)19(26)27/h2-6,9-10,14-15H,7-8H2,1H3,(H,24,25)(H,26,27)/t14-,15+/m0/s1. The Morgan fingerprint density at radius 3 is 2.10 bits per heavy atom. The lowest BCUT2D eigenvalue weighted by molar-refractivity contribution is -0.151. The van der Waals surface area contributed by atoms with Crippen molar-refractivity contribution in [2.45, 2.75) is 19.0 Å². The lowest BCUT2D eigenvalue weighted by atomic mass is 9.73. The van der Waals surface area contributed by atoms with Crippen LogP contribution in [0.3, 0.4) is 0 Å². The molecule has 0 aliphatic heterocycles. The minimum absolute atomic E-state index is 0.0851. The Balaban J connectivity index is 1.83. The van der Waals surface area contributed by atoms with Gasteiger partial charge in [-0.2, -0.15) is 13.2 Å². The van der Waals surface area contributed by atoms with Gasteiger partial charge >= 0.3 is 12.1 Å². The molecule has 29 heavy (non-hydrogen) atoms. The largest absolute Gasteiger partial charge is 0.497 e. The smallest absolute Gasteiger partial charge is 0.418 e. The number of carboxylic acids is 1. The average Bonchev–Trinajstić information content (AvgIpc) is 2.60. The predicted octanol–water partition coefficient (Wildman–Crippen LogP) is 4.56. The Morgan fingerprint density at radius 1 is 1.00 bits per heavy atom. The number of rotatable bonds is 6. The van der Waals surface area contributed by atoms with Crippen molar-refractivity contribution in [2.75, 3.05) is 12.4 Å². The summed E-state index contributed by atoms with van der Waals surface area (Å²) in [7, 11) is 1.50. The SMILES string of the molecule is COc1ccc(Oc2ccc(C(F)(F)F)c(NC(=O)[C@H]3CC[C@H]3C(=O)O)c2)cc1. The van der Waals surface area contributed by atoms with Crippen LogP contribution in [0.25, 0.3) is 0 Å². The molecule has 1 fully saturated rings. The van der Waals surface area contributed by atoms with E-state index in [-0.39, 0.29) is 5.75 Å². The molecule has 2 N–H and O–H groups in total. The molecule has 2 aromatic rings. The Bertz CT molecular complexity index is 911. The van der Waals surface area contributed by atoms with Gasteiger partial charge in [-0.25, -0.2) is 0 Å². The van der Waals surface area contributed by atoms with Gasteiger partial charge in [0, 0.05) is 6.07 Å². The minimum Gasteiger partial charge on any atom is -0.497 e. The van der Waals surface area contributed by atoms with Crippen LogP contribution in [-0.4, -0.2) is 24.1 Å². The second-order valence-electron chi connectivity index (χ2n) is 6.60. The summed E-state index contributed by atoms with van der Waals surface area (Å²) in [5, 5.41) is 11.3. The first-order valence-electron chi connectivity index (χ1n) is 8.76. The Labute approximate surface area is 164 Å². The van der Waals surface area contributed by atoms with E-state index in [1.165, 1.54) is 7.11 Å². The van der Waals surface area contributed by atoms with Gasteiger partial charge < -0.3 is 19.9 Å². The summed E-state index contributed by atoms with van der Waals surface area (Å²) in [6, 6.07) is 9.45. The molecular formula is C20H18F3NO5. The minimum atomic E-state index is -4.70. The number of hydrogen-bond acceptors (Lipinski definition) is 4. The molecule has 1 aliphatic carbocycles. The van der Waals surface area contributed by atoms with Crippen LogP contribution in [0.15, 0.2) is 42.5 Å². The predicted molar refractivity (Wildman–Crippen MR) is 97.0 cm³/mol. The Morgan fingerprint density at radius 2 is 1.59 bits per heavy atom. The fraction of sp³-hybridized carbons (Fsp3) is 0.300. The summed E-state index contributed by atoms with van der Waals surface area (Å²) in [4.78, 5) is 23.4. The van der Waals surface area contributed by atoms with Gasteiger partial charge in [0.15, 0.2) is 0 Å². The summed E-state index contributed by atoms with van der Waals surface area (Å²) in [6.07, 6.45) is -4.07. The van der Waals surface area contributed by atoms with Gasteiger partial charge in [-0.15, -0.1) is 0 Å². The molecule has 0 unspecified atom stereocenters. The number of amides is 1. The van der Waals surface area contributed by atoms with E-state index in [0.717, 1.165) is 18.2 Å². The number of carboxylic acid groups (broad SMARTS) is 1. The first-order chi connectivity index (χ1) is 13.7. The highest BCUT2D eigenvalue weighted by Gasteiger charge is 2.42. The lowest BCUT2D eigenvalue weighted by Crippen LogP contribution is -2.41. The molecule has 2 aromatic carbocycles. The molecular weight excluding hydrogens is 391 g/mol. The van der Waals surface area contributed by atoms with Crippen LogP contribution in [0.5, 0.6) is 17.2 Å². The number of carbonyl (C=O) groups excluding carboxylic acids is 1. The summed E-state index contributed by atoms with van der Waals surface area (Å²) in [5.74, 6) is -2.59. The number of hydrogen-bond donors (Lipinski definition) is 2. The van der Waals surface area contributed by atoms with Crippen molar-refractivity contribution < 1.29 is 37.3 Å². The number of nitrogens with one attached hydrogen (secondary N) is 1. The molecule has 1 aliphatic rings. The van der Waals surface area contributed by atoms with Crippen molar-refractivity contribution in [1.29, 1.82) is 0 Å². The topological polar surface area (TPSA) is 84.9 Å². The molecule has 0 heterocycles. The van der Waals surface area contributed by atoms with E-state index in [4.69, 9.17) is 14.6 Å². The number of anilines is 1. The highest BCUT2D eigenvalue weighted by Crippen LogP contribution is 2.40. The van der Waals surface area contributed by atoms with Crippen molar-refractivity contribution in [2.24, 2.45) is 11.8 Å². The van der Waals surface area contributed by atoms with E-state index in [1.54, 1.807) is 24.3 Å². The zero-order valence-electron chi connectivity index (χ0n) is 15.3. The van der Waals surface area contributed by atoms with Crippen molar-refractivity contribution in [1.82, 2.24) is 0 Å². The van der Waals surface area contributed by atoms with Crippen molar-refractivity contribution in [3.8, 4) is 17.2 Å². The zero-order valence-corrected chi connectivity index (χ0v) is 15.3. The van der Waals surface area contributed by atoms with Crippen LogP contribution in [0.2, 0.25) is 0 Å². The van der Waals surface area contributed by atoms with Gasteiger partial charge in [0.1, 0.15) is 17.2 Å².